The molecule has 1 saturated heterocycles. The van der Waals surface area contributed by atoms with Gasteiger partial charge >= 0.3 is 12.0 Å². The van der Waals surface area contributed by atoms with Crippen LogP contribution in [0.4, 0.5) is 4.79 Å². The first kappa shape index (κ1) is 13.8. The molecule has 2 amide bonds. The molecule has 0 atom stereocenters. The first-order chi connectivity index (χ1) is 7.86. The molecule has 5 heteroatoms. The van der Waals surface area contributed by atoms with Gasteiger partial charge in [0.05, 0.1) is 7.11 Å². The molecule has 0 aromatic carbocycles. The van der Waals surface area contributed by atoms with Crippen LogP contribution >= 0.6 is 0 Å². The number of hydrogen-bond donors (Lipinski definition) is 1. The summed E-state index contributed by atoms with van der Waals surface area (Å²) in [6.45, 7) is 6.98. The molecule has 0 aliphatic carbocycles. The van der Waals surface area contributed by atoms with E-state index in [4.69, 9.17) is 0 Å². The molecule has 1 aliphatic rings. The van der Waals surface area contributed by atoms with Gasteiger partial charge in [-0.15, -0.1) is 0 Å². The predicted octanol–water partition coefficient (Wildman–Crippen LogP) is 1.38. The number of nitrogens with zero attached hydrogens (tertiary/aromatic N) is 1. The minimum absolute atomic E-state index is 0.188. The van der Waals surface area contributed by atoms with Gasteiger partial charge in [0.15, 0.2) is 0 Å². The molecular formula is C12H22N2O3. The number of nitrogens with one attached hydrogen (secondary N) is 1. The Labute approximate surface area is 102 Å². The molecule has 5 nitrogen and oxygen atoms in total. The van der Waals surface area contributed by atoms with Crippen molar-refractivity contribution >= 4 is 12.0 Å². The Kier molecular flexibility index (Phi) is 4.37. The summed E-state index contributed by atoms with van der Waals surface area (Å²) in [5.41, 5.74) is -0.977. The summed E-state index contributed by atoms with van der Waals surface area (Å²) in [6.07, 6.45) is 2.04. The van der Waals surface area contributed by atoms with Gasteiger partial charge in [0, 0.05) is 13.1 Å². The Morgan fingerprint density at radius 1 is 1.29 bits per heavy atom. The Morgan fingerprint density at radius 2 is 1.82 bits per heavy atom. The van der Waals surface area contributed by atoms with Crippen molar-refractivity contribution in [3.8, 4) is 0 Å². The second-order valence-corrected chi connectivity index (χ2v) is 5.22. The largest absolute Gasteiger partial charge is 0.467 e. The second kappa shape index (κ2) is 5.38. The maximum absolute atomic E-state index is 11.9. The minimum atomic E-state index is -0.977. The van der Waals surface area contributed by atoms with Crippen LogP contribution in [0.2, 0.25) is 0 Å². The number of methoxy groups -OCH3 is 1. The van der Waals surface area contributed by atoms with Gasteiger partial charge in [-0.05, 0) is 32.6 Å². The van der Waals surface area contributed by atoms with Crippen LogP contribution in [0.25, 0.3) is 0 Å². The van der Waals surface area contributed by atoms with Crippen LogP contribution in [-0.4, -0.2) is 42.6 Å². The molecule has 0 aromatic heterocycles. The first-order valence-electron chi connectivity index (χ1n) is 6.02. The van der Waals surface area contributed by atoms with Crippen LogP contribution < -0.4 is 5.32 Å². The van der Waals surface area contributed by atoms with E-state index in [-0.39, 0.29) is 6.03 Å². The molecule has 98 valence electrons. The average Bonchev–Trinajstić information content (AvgIpc) is 2.28. The molecule has 1 heterocycles. The molecule has 1 aliphatic heterocycles. The molecule has 0 radical (unpaired) electrons. The molecule has 0 aromatic rings. The minimum Gasteiger partial charge on any atom is -0.467 e. The van der Waals surface area contributed by atoms with Gasteiger partial charge in [0.2, 0.25) is 0 Å². The lowest BCUT2D eigenvalue weighted by atomic mass is 9.99. The molecule has 0 saturated carbocycles. The Morgan fingerprint density at radius 3 is 2.29 bits per heavy atom. The highest BCUT2D eigenvalue weighted by atomic mass is 16.5. The molecule has 1 fully saturated rings. The maximum atomic E-state index is 11.9. The summed E-state index contributed by atoms with van der Waals surface area (Å²) in [5, 5.41) is 2.70. The number of amides is 2. The molecule has 17 heavy (non-hydrogen) atoms. The zero-order valence-electron chi connectivity index (χ0n) is 11.1. The van der Waals surface area contributed by atoms with Crippen molar-refractivity contribution in [2.75, 3.05) is 20.2 Å². The van der Waals surface area contributed by atoms with Crippen molar-refractivity contribution in [2.45, 2.75) is 39.2 Å². The quantitative estimate of drug-likeness (QED) is 0.744. The van der Waals surface area contributed by atoms with E-state index in [0.717, 1.165) is 25.9 Å². The molecule has 1 N–H and O–H groups in total. The van der Waals surface area contributed by atoms with Crippen molar-refractivity contribution in [1.82, 2.24) is 10.2 Å². The summed E-state index contributed by atoms with van der Waals surface area (Å²) in [4.78, 5) is 25.2. The summed E-state index contributed by atoms with van der Waals surface area (Å²) in [6, 6.07) is -0.188. The Bertz CT molecular complexity index is 294. The van der Waals surface area contributed by atoms with Gasteiger partial charge < -0.3 is 15.0 Å². The number of rotatable bonds is 2. The fourth-order valence-corrected chi connectivity index (χ4v) is 1.86. The van der Waals surface area contributed by atoms with E-state index < -0.39 is 11.5 Å². The van der Waals surface area contributed by atoms with E-state index in [2.05, 4.69) is 17.0 Å². The normalized spacial score (nSPS) is 17.8. The van der Waals surface area contributed by atoms with Crippen molar-refractivity contribution in [1.29, 1.82) is 0 Å². The van der Waals surface area contributed by atoms with E-state index in [1.807, 2.05) is 0 Å². The van der Waals surface area contributed by atoms with Gasteiger partial charge in [-0.1, -0.05) is 6.92 Å². The molecule has 1 rings (SSSR count). The fourth-order valence-electron chi connectivity index (χ4n) is 1.86. The SMILES string of the molecule is COC(=O)C(C)(C)NC(=O)N1CCC(C)CC1. The highest BCUT2D eigenvalue weighted by Crippen LogP contribution is 2.16. The molecular weight excluding hydrogens is 220 g/mol. The van der Waals surface area contributed by atoms with Crippen LogP contribution in [0, 0.1) is 5.92 Å². The van der Waals surface area contributed by atoms with Crippen molar-refractivity contribution < 1.29 is 14.3 Å². The molecule has 0 bridgehead atoms. The van der Waals surface area contributed by atoms with Crippen LogP contribution in [0.3, 0.4) is 0 Å². The average molecular weight is 242 g/mol. The third-order valence-electron chi connectivity index (χ3n) is 3.19. The monoisotopic (exact) mass is 242 g/mol. The zero-order valence-corrected chi connectivity index (χ0v) is 11.1. The van der Waals surface area contributed by atoms with Crippen LogP contribution in [0.1, 0.15) is 33.6 Å². The number of carbonyl (C=O) groups excluding carboxylic acids is 2. The van der Waals surface area contributed by atoms with E-state index in [1.165, 1.54) is 7.11 Å². The third kappa shape index (κ3) is 3.61. The smallest absolute Gasteiger partial charge is 0.331 e. The summed E-state index contributed by atoms with van der Waals surface area (Å²) in [5.74, 6) is 0.240. The summed E-state index contributed by atoms with van der Waals surface area (Å²) >= 11 is 0. The van der Waals surface area contributed by atoms with Crippen LogP contribution in [-0.2, 0) is 9.53 Å². The van der Waals surface area contributed by atoms with E-state index in [9.17, 15) is 9.59 Å². The number of likely N-dealkylation sites (tertiary alicyclic amines) is 1. The highest BCUT2D eigenvalue weighted by molar-refractivity contribution is 5.86. The van der Waals surface area contributed by atoms with Crippen molar-refractivity contribution in [2.24, 2.45) is 5.92 Å². The number of esters is 1. The lowest BCUT2D eigenvalue weighted by Gasteiger charge is -2.33. The highest BCUT2D eigenvalue weighted by Gasteiger charge is 2.32. The lowest BCUT2D eigenvalue weighted by molar-refractivity contribution is -0.146. The van der Waals surface area contributed by atoms with Crippen molar-refractivity contribution in [3.05, 3.63) is 0 Å². The fraction of sp³-hybridized carbons (Fsp3) is 0.833. The van der Waals surface area contributed by atoms with Gasteiger partial charge in [0.1, 0.15) is 5.54 Å². The Balaban J connectivity index is 2.51. The van der Waals surface area contributed by atoms with Gasteiger partial charge in [-0.3, -0.25) is 0 Å². The first-order valence-corrected chi connectivity index (χ1v) is 6.02. The van der Waals surface area contributed by atoms with Crippen molar-refractivity contribution in [3.63, 3.8) is 0 Å². The number of piperidine rings is 1. The number of ether oxygens (including phenoxy) is 1. The maximum Gasteiger partial charge on any atom is 0.331 e. The van der Waals surface area contributed by atoms with E-state index in [0.29, 0.717) is 5.92 Å². The lowest BCUT2D eigenvalue weighted by Crippen LogP contribution is -2.55. The van der Waals surface area contributed by atoms with Crippen LogP contribution in [0.5, 0.6) is 0 Å². The summed E-state index contributed by atoms with van der Waals surface area (Å²) in [7, 11) is 1.32. The topological polar surface area (TPSA) is 58.6 Å². The Hall–Kier alpha value is -1.26. The molecule has 0 spiro atoms. The molecule has 0 unspecified atom stereocenters. The third-order valence-corrected chi connectivity index (χ3v) is 3.19. The van der Waals surface area contributed by atoms with E-state index >= 15 is 0 Å². The predicted molar refractivity (Wildman–Crippen MR) is 64.6 cm³/mol. The van der Waals surface area contributed by atoms with Gasteiger partial charge in [-0.25, -0.2) is 9.59 Å². The van der Waals surface area contributed by atoms with E-state index in [1.54, 1.807) is 18.7 Å². The van der Waals surface area contributed by atoms with Crippen LogP contribution in [0.15, 0.2) is 0 Å². The number of urea groups is 1. The standard InChI is InChI=1S/C12H22N2O3/c1-9-5-7-14(8-6-9)11(16)13-12(2,3)10(15)17-4/h9H,5-8H2,1-4H3,(H,13,16). The van der Waals surface area contributed by atoms with Gasteiger partial charge in [-0.2, -0.15) is 0 Å². The van der Waals surface area contributed by atoms with Gasteiger partial charge in [0.25, 0.3) is 0 Å². The number of hydrogen-bond acceptors (Lipinski definition) is 3. The zero-order chi connectivity index (χ0) is 13.1. The summed E-state index contributed by atoms with van der Waals surface area (Å²) < 4.78 is 4.65. The second-order valence-electron chi connectivity index (χ2n) is 5.22. The number of carbonyl (C=O) groups is 2.